The molecule has 3 rings (SSSR count). The number of halogens is 4. The maximum Gasteiger partial charge on any atom is 0.419 e. The Morgan fingerprint density at radius 3 is 2.61 bits per heavy atom. The van der Waals surface area contributed by atoms with E-state index in [4.69, 9.17) is 0 Å². The monoisotopic (exact) mass is 401 g/mol. The number of alkyl halides is 3. The van der Waals surface area contributed by atoms with Gasteiger partial charge in [0, 0.05) is 31.9 Å². The van der Waals surface area contributed by atoms with Crippen LogP contribution in [0.3, 0.4) is 0 Å². The third-order valence-electron chi connectivity index (χ3n) is 5.97. The van der Waals surface area contributed by atoms with Crippen molar-refractivity contribution in [1.82, 2.24) is 9.88 Å². The van der Waals surface area contributed by atoms with Gasteiger partial charge < -0.3 is 9.80 Å². The van der Waals surface area contributed by atoms with Crippen LogP contribution in [0.5, 0.6) is 0 Å². The predicted octanol–water partition coefficient (Wildman–Crippen LogP) is 4.64. The van der Waals surface area contributed by atoms with Crippen LogP contribution < -0.4 is 4.90 Å². The molecule has 1 atom stereocenters. The summed E-state index contributed by atoms with van der Waals surface area (Å²) in [4.78, 5) is 18.9. The van der Waals surface area contributed by atoms with E-state index in [0.717, 1.165) is 57.6 Å². The minimum atomic E-state index is -4.73. The lowest BCUT2D eigenvalue weighted by Gasteiger charge is -2.36. The van der Waals surface area contributed by atoms with Crippen LogP contribution in [-0.4, -0.2) is 42.0 Å². The summed E-state index contributed by atoms with van der Waals surface area (Å²) in [6.07, 6.45) is 5.25. The zero-order chi connectivity index (χ0) is 20.1. The molecule has 0 N–H and O–H groups in total. The molecule has 1 unspecified atom stereocenters. The average molecular weight is 401 g/mol. The molecule has 1 aromatic rings. The number of aromatic nitrogens is 1. The summed E-state index contributed by atoms with van der Waals surface area (Å²) < 4.78 is 53.3. The quantitative estimate of drug-likeness (QED) is 0.515. The van der Waals surface area contributed by atoms with Crippen LogP contribution in [0, 0.1) is 11.7 Å². The van der Waals surface area contributed by atoms with E-state index in [1.54, 1.807) is 4.90 Å². The van der Waals surface area contributed by atoms with Gasteiger partial charge in [-0.25, -0.2) is 9.37 Å². The fourth-order valence-corrected chi connectivity index (χ4v) is 4.43. The molecule has 1 aliphatic carbocycles. The number of pyridine rings is 1. The van der Waals surface area contributed by atoms with E-state index in [9.17, 15) is 22.4 Å². The maximum atomic E-state index is 14.4. The zero-order valence-corrected chi connectivity index (χ0v) is 15.9. The fourth-order valence-electron chi connectivity index (χ4n) is 4.43. The van der Waals surface area contributed by atoms with Gasteiger partial charge in [-0.05, 0) is 44.1 Å². The van der Waals surface area contributed by atoms with Crippen molar-refractivity contribution in [2.75, 3.05) is 24.5 Å². The first-order chi connectivity index (χ1) is 13.4. The van der Waals surface area contributed by atoms with Crippen LogP contribution >= 0.6 is 0 Å². The lowest BCUT2D eigenvalue weighted by Crippen LogP contribution is -2.40. The standard InChI is InChI=1S/C20H27F4N3O/c21-18-17(20(22,23)24)8-10-25-19(18)26-11-4-5-15(13-26)9-12-27(14-28)16-6-2-1-3-7-16/h8,10,14-16H,1-7,9,11-13H2. The van der Waals surface area contributed by atoms with Crippen LogP contribution in [0.1, 0.15) is 56.9 Å². The average Bonchev–Trinajstić information content (AvgIpc) is 2.69. The molecule has 1 aromatic heterocycles. The topological polar surface area (TPSA) is 36.4 Å². The largest absolute Gasteiger partial charge is 0.419 e. The maximum absolute atomic E-state index is 14.4. The lowest BCUT2D eigenvalue weighted by atomic mass is 9.92. The number of hydrogen-bond donors (Lipinski definition) is 0. The van der Waals surface area contributed by atoms with E-state index < -0.39 is 17.6 Å². The van der Waals surface area contributed by atoms with Gasteiger partial charge in [0.1, 0.15) is 0 Å². The van der Waals surface area contributed by atoms with Crippen LogP contribution in [-0.2, 0) is 11.0 Å². The number of carbonyl (C=O) groups excluding carboxylic acids is 1. The van der Waals surface area contributed by atoms with Crippen LogP contribution in [0.2, 0.25) is 0 Å². The molecule has 1 saturated carbocycles. The van der Waals surface area contributed by atoms with Gasteiger partial charge in [0.25, 0.3) is 0 Å². The second-order valence-electron chi connectivity index (χ2n) is 7.87. The van der Waals surface area contributed by atoms with Crippen molar-refractivity contribution in [3.05, 3.63) is 23.6 Å². The zero-order valence-electron chi connectivity index (χ0n) is 15.9. The van der Waals surface area contributed by atoms with E-state index in [1.807, 2.05) is 4.90 Å². The van der Waals surface area contributed by atoms with Gasteiger partial charge in [-0.3, -0.25) is 4.79 Å². The number of rotatable bonds is 6. The van der Waals surface area contributed by atoms with Gasteiger partial charge in [0.2, 0.25) is 6.41 Å². The second kappa shape index (κ2) is 9.09. The second-order valence-corrected chi connectivity index (χ2v) is 7.87. The highest BCUT2D eigenvalue weighted by Crippen LogP contribution is 2.35. The summed E-state index contributed by atoms with van der Waals surface area (Å²) in [6, 6.07) is 0.973. The summed E-state index contributed by atoms with van der Waals surface area (Å²) in [7, 11) is 0. The molecule has 2 fully saturated rings. The Bertz CT molecular complexity index is 661. The first-order valence-corrected chi connectivity index (χ1v) is 10.1. The van der Waals surface area contributed by atoms with Crippen LogP contribution in [0.15, 0.2) is 12.3 Å². The molecule has 28 heavy (non-hydrogen) atoms. The Balaban J connectivity index is 1.62. The first kappa shape index (κ1) is 20.9. The Hall–Kier alpha value is -1.86. The molecular weight excluding hydrogens is 374 g/mol. The molecule has 2 aliphatic rings. The molecule has 1 saturated heterocycles. The normalized spacial score (nSPS) is 21.6. The van der Waals surface area contributed by atoms with Crippen molar-refractivity contribution < 1.29 is 22.4 Å². The summed E-state index contributed by atoms with van der Waals surface area (Å²) >= 11 is 0. The molecular formula is C20H27F4N3O. The number of nitrogens with zero attached hydrogens (tertiary/aromatic N) is 3. The van der Waals surface area contributed by atoms with Crippen molar-refractivity contribution in [2.24, 2.45) is 5.92 Å². The van der Waals surface area contributed by atoms with Crippen molar-refractivity contribution >= 4 is 12.2 Å². The van der Waals surface area contributed by atoms with Crippen molar-refractivity contribution in [3.63, 3.8) is 0 Å². The highest BCUT2D eigenvalue weighted by molar-refractivity contribution is 5.48. The Morgan fingerprint density at radius 2 is 1.93 bits per heavy atom. The number of amides is 1. The van der Waals surface area contributed by atoms with Crippen molar-refractivity contribution in [2.45, 2.75) is 63.6 Å². The summed E-state index contributed by atoms with van der Waals surface area (Å²) in [5.41, 5.74) is -1.27. The van der Waals surface area contributed by atoms with Crippen LogP contribution in [0.4, 0.5) is 23.4 Å². The van der Waals surface area contributed by atoms with Crippen molar-refractivity contribution in [3.8, 4) is 0 Å². The van der Waals surface area contributed by atoms with E-state index in [1.165, 1.54) is 6.42 Å². The number of anilines is 1. The molecule has 0 bridgehead atoms. The molecule has 1 amide bonds. The number of carbonyl (C=O) groups is 1. The van der Waals surface area contributed by atoms with E-state index in [2.05, 4.69) is 4.98 Å². The first-order valence-electron chi connectivity index (χ1n) is 10.1. The SMILES string of the molecule is O=CN(CCC1CCCN(c2nccc(C(F)(F)F)c2F)C1)C1CCCCC1. The summed E-state index contributed by atoms with van der Waals surface area (Å²) in [5.74, 6) is -1.32. The van der Waals surface area contributed by atoms with Gasteiger partial charge >= 0.3 is 6.18 Å². The molecule has 1 aliphatic heterocycles. The third-order valence-corrected chi connectivity index (χ3v) is 5.97. The lowest BCUT2D eigenvalue weighted by molar-refractivity contribution is -0.140. The highest BCUT2D eigenvalue weighted by Gasteiger charge is 2.36. The molecule has 4 nitrogen and oxygen atoms in total. The number of piperidine rings is 1. The third kappa shape index (κ3) is 4.94. The molecule has 156 valence electrons. The Labute approximate surface area is 162 Å². The van der Waals surface area contributed by atoms with Gasteiger partial charge in [-0.2, -0.15) is 13.2 Å². The summed E-state index contributed by atoms with van der Waals surface area (Å²) in [6.45, 7) is 1.59. The van der Waals surface area contributed by atoms with Gasteiger partial charge in [-0.15, -0.1) is 0 Å². The highest BCUT2D eigenvalue weighted by atomic mass is 19.4. The van der Waals surface area contributed by atoms with E-state index in [0.29, 0.717) is 31.7 Å². The van der Waals surface area contributed by atoms with E-state index in [-0.39, 0.29) is 11.7 Å². The molecule has 0 spiro atoms. The minimum Gasteiger partial charge on any atom is -0.354 e. The van der Waals surface area contributed by atoms with Crippen molar-refractivity contribution in [1.29, 1.82) is 0 Å². The molecule has 0 radical (unpaired) electrons. The minimum absolute atomic E-state index is 0.204. The smallest absolute Gasteiger partial charge is 0.354 e. The fraction of sp³-hybridized carbons (Fsp3) is 0.700. The molecule has 2 heterocycles. The van der Waals surface area contributed by atoms with Gasteiger partial charge in [0.05, 0.1) is 5.56 Å². The van der Waals surface area contributed by atoms with E-state index >= 15 is 0 Å². The van der Waals surface area contributed by atoms with Gasteiger partial charge in [0.15, 0.2) is 11.6 Å². The molecule has 0 aromatic carbocycles. The molecule has 8 heteroatoms. The summed E-state index contributed by atoms with van der Waals surface area (Å²) in [5, 5.41) is 0. The van der Waals surface area contributed by atoms with Crippen LogP contribution in [0.25, 0.3) is 0 Å². The van der Waals surface area contributed by atoms with Gasteiger partial charge in [-0.1, -0.05) is 19.3 Å². The Morgan fingerprint density at radius 1 is 1.18 bits per heavy atom. The number of hydrogen-bond acceptors (Lipinski definition) is 3. The Kier molecular flexibility index (Phi) is 6.78. The predicted molar refractivity (Wildman–Crippen MR) is 98.4 cm³/mol.